The van der Waals surface area contributed by atoms with Crippen molar-refractivity contribution < 1.29 is 4.74 Å². The van der Waals surface area contributed by atoms with Crippen molar-refractivity contribution in [2.75, 3.05) is 20.3 Å². The lowest BCUT2D eigenvalue weighted by Gasteiger charge is -2.11. The molecular formula is C12H15BrN2O. The SMILES string of the molecule is COCCCN[C@@H](C#N)c1cccc(Br)c1. The third kappa shape index (κ3) is 4.31. The van der Waals surface area contributed by atoms with Gasteiger partial charge in [0, 0.05) is 18.2 Å². The molecule has 0 amide bonds. The molecule has 1 aromatic rings. The van der Waals surface area contributed by atoms with Crippen LogP contribution in [0.15, 0.2) is 28.7 Å². The average Bonchev–Trinajstić information content (AvgIpc) is 2.29. The highest BCUT2D eigenvalue weighted by Crippen LogP contribution is 2.17. The maximum atomic E-state index is 9.07. The smallest absolute Gasteiger partial charge is 0.121 e. The van der Waals surface area contributed by atoms with Crippen LogP contribution in [0.5, 0.6) is 0 Å². The monoisotopic (exact) mass is 282 g/mol. The Morgan fingerprint density at radius 2 is 2.38 bits per heavy atom. The van der Waals surface area contributed by atoms with Crippen molar-refractivity contribution in [2.24, 2.45) is 0 Å². The number of hydrogen-bond acceptors (Lipinski definition) is 3. The zero-order chi connectivity index (χ0) is 11.8. The predicted octanol–water partition coefficient (Wildman–Crippen LogP) is 2.64. The predicted molar refractivity (Wildman–Crippen MR) is 67.0 cm³/mol. The van der Waals surface area contributed by atoms with Crippen LogP contribution in [-0.2, 0) is 4.74 Å². The molecule has 0 spiro atoms. The average molecular weight is 283 g/mol. The summed E-state index contributed by atoms with van der Waals surface area (Å²) in [5.74, 6) is 0. The van der Waals surface area contributed by atoms with Crippen LogP contribution in [-0.4, -0.2) is 20.3 Å². The lowest BCUT2D eigenvalue weighted by molar-refractivity contribution is 0.194. The van der Waals surface area contributed by atoms with Gasteiger partial charge in [-0.3, -0.25) is 5.32 Å². The largest absolute Gasteiger partial charge is 0.385 e. The van der Waals surface area contributed by atoms with Crippen LogP contribution in [0.4, 0.5) is 0 Å². The molecule has 16 heavy (non-hydrogen) atoms. The van der Waals surface area contributed by atoms with Crippen LogP contribution in [0.1, 0.15) is 18.0 Å². The molecule has 0 aliphatic carbocycles. The van der Waals surface area contributed by atoms with Gasteiger partial charge in [0.1, 0.15) is 6.04 Å². The van der Waals surface area contributed by atoms with Gasteiger partial charge in [-0.05, 0) is 30.7 Å². The van der Waals surface area contributed by atoms with Gasteiger partial charge in [0.05, 0.1) is 6.07 Å². The molecule has 86 valence electrons. The van der Waals surface area contributed by atoms with Gasteiger partial charge in [-0.25, -0.2) is 0 Å². The lowest BCUT2D eigenvalue weighted by Crippen LogP contribution is -2.22. The van der Waals surface area contributed by atoms with Crippen molar-refractivity contribution >= 4 is 15.9 Å². The summed E-state index contributed by atoms with van der Waals surface area (Å²) >= 11 is 3.40. The Balaban J connectivity index is 2.51. The summed E-state index contributed by atoms with van der Waals surface area (Å²) in [6, 6.07) is 9.77. The Bertz CT molecular complexity index is 362. The van der Waals surface area contributed by atoms with E-state index in [0.29, 0.717) is 6.61 Å². The third-order valence-corrected chi connectivity index (χ3v) is 2.68. The van der Waals surface area contributed by atoms with Crippen LogP contribution >= 0.6 is 15.9 Å². The third-order valence-electron chi connectivity index (χ3n) is 2.18. The molecule has 0 fully saturated rings. The van der Waals surface area contributed by atoms with E-state index in [1.54, 1.807) is 7.11 Å². The molecule has 1 aromatic carbocycles. The molecule has 4 heteroatoms. The van der Waals surface area contributed by atoms with Crippen LogP contribution in [0.3, 0.4) is 0 Å². The highest BCUT2D eigenvalue weighted by Gasteiger charge is 2.08. The second kappa shape index (κ2) is 7.39. The van der Waals surface area contributed by atoms with E-state index in [1.165, 1.54) is 0 Å². The van der Waals surface area contributed by atoms with E-state index in [0.717, 1.165) is 23.0 Å². The van der Waals surface area contributed by atoms with Gasteiger partial charge in [0.25, 0.3) is 0 Å². The normalized spacial score (nSPS) is 12.1. The van der Waals surface area contributed by atoms with Crippen LogP contribution in [0, 0.1) is 11.3 Å². The molecule has 0 radical (unpaired) electrons. The molecule has 0 saturated heterocycles. The van der Waals surface area contributed by atoms with Gasteiger partial charge in [0.15, 0.2) is 0 Å². The molecule has 3 nitrogen and oxygen atoms in total. The first-order valence-electron chi connectivity index (χ1n) is 5.15. The highest BCUT2D eigenvalue weighted by molar-refractivity contribution is 9.10. The van der Waals surface area contributed by atoms with Crippen molar-refractivity contribution in [1.82, 2.24) is 5.32 Å². The van der Waals surface area contributed by atoms with E-state index in [1.807, 2.05) is 24.3 Å². The Kier molecular flexibility index (Phi) is 6.09. The van der Waals surface area contributed by atoms with E-state index in [9.17, 15) is 0 Å². The lowest BCUT2D eigenvalue weighted by atomic mass is 10.1. The van der Waals surface area contributed by atoms with Gasteiger partial charge in [0.2, 0.25) is 0 Å². The Labute approximate surface area is 105 Å². The summed E-state index contributed by atoms with van der Waals surface area (Å²) in [4.78, 5) is 0. The number of benzene rings is 1. The quantitative estimate of drug-likeness (QED) is 0.816. The van der Waals surface area contributed by atoms with Gasteiger partial charge in [-0.15, -0.1) is 0 Å². The molecule has 1 rings (SSSR count). The minimum absolute atomic E-state index is 0.255. The van der Waals surface area contributed by atoms with Gasteiger partial charge < -0.3 is 4.74 Å². The Morgan fingerprint density at radius 3 is 3.00 bits per heavy atom. The molecule has 0 unspecified atom stereocenters. The van der Waals surface area contributed by atoms with Crippen molar-refractivity contribution in [3.63, 3.8) is 0 Å². The van der Waals surface area contributed by atoms with Gasteiger partial charge >= 0.3 is 0 Å². The first-order chi connectivity index (χ1) is 7.77. The molecule has 1 atom stereocenters. The first kappa shape index (κ1) is 13.2. The van der Waals surface area contributed by atoms with Crippen molar-refractivity contribution in [3.8, 4) is 6.07 Å². The number of hydrogen-bond donors (Lipinski definition) is 1. The standard InChI is InChI=1S/C12H15BrN2O/c1-16-7-3-6-15-12(9-14)10-4-2-5-11(13)8-10/h2,4-5,8,12,15H,3,6-7H2,1H3/t12-/m0/s1. The number of halogens is 1. The van der Waals surface area contributed by atoms with Crippen LogP contribution in [0.25, 0.3) is 0 Å². The number of ether oxygens (including phenoxy) is 1. The Hall–Kier alpha value is -0.890. The molecule has 0 aromatic heterocycles. The fraction of sp³-hybridized carbons (Fsp3) is 0.417. The molecule has 0 bridgehead atoms. The van der Waals surface area contributed by atoms with Gasteiger partial charge in [-0.1, -0.05) is 28.1 Å². The molecule has 1 N–H and O–H groups in total. The van der Waals surface area contributed by atoms with Crippen LogP contribution < -0.4 is 5.32 Å². The van der Waals surface area contributed by atoms with E-state index in [4.69, 9.17) is 10.00 Å². The number of methoxy groups -OCH3 is 1. The fourth-order valence-electron chi connectivity index (χ4n) is 1.39. The summed E-state index contributed by atoms with van der Waals surface area (Å²) in [5.41, 5.74) is 0.981. The minimum Gasteiger partial charge on any atom is -0.385 e. The van der Waals surface area contributed by atoms with Crippen LogP contribution in [0.2, 0.25) is 0 Å². The van der Waals surface area contributed by atoms with Crippen molar-refractivity contribution in [1.29, 1.82) is 5.26 Å². The maximum absolute atomic E-state index is 9.07. The number of nitrogens with zero attached hydrogens (tertiary/aromatic N) is 1. The molecular weight excluding hydrogens is 268 g/mol. The second-order valence-electron chi connectivity index (χ2n) is 3.42. The summed E-state index contributed by atoms with van der Waals surface area (Å²) in [6.07, 6.45) is 0.905. The zero-order valence-electron chi connectivity index (χ0n) is 9.24. The van der Waals surface area contributed by atoms with E-state index in [2.05, 4.69) is 27.3 Å². The van der Waals surface area contributed by atoms with Gasteiger partial charge in [-0.2, -0.15) is 5.26 Å². The van der Waals surface area contributed by atoms with Crippen molar-refractivity contribution in [3.05, 3.63) is 34.3 Å². The van der Waals surface area contributed by atoms with E-state index >= 15 is 0 Å². The minimum atomic E-state index is -0.255. The zero-order valence-corrected chi connectivity index (χ0v) is 10.8. The van der Waals surface area contributed by atoms with E-state index in [-0.39, 0.29) is 6.04 Å². The fourth-order valence-corrected chi connectivity index (χ4v) is 1.80. The van der Waals surface area contributed by atoms with Crippen molar-refractivity contribution in [2.45, 2.75) is 12.5 Å². The second-order valence-corrected chi connectivity index (χ2v) is 4.33. The summed E-state index contributed by atoms with van der Waals surface area (Å²) in [5, 5.41) is 12.3. The summed E-state index contributed by atoms with van der Waals surface area (Å²) in [6.45, 7) is 1.49. The number of nitriles is 1. The van der Waals surface area contributed by atoms with E-state index < -0.39 is 0 Å². The summed E-state index contributed by atoms with van der Waals surface area (Å²) in [7, 11) is 1.68. The number of nitrogens with one attached hydrogen (secondary N) is 1. The molecule has 0 aliphatic rings. The maximum Gasteiger partial charge on any atom is 0.121 e. The highest BCUT2D eigenvalue weighted by atomic mass is 79.9. The number of rotatable bonds is 6. The first-order valence-corrected chi connectivity index (χ1v) is 5.94. The topological polar surface area (TPSA) is 45.0 Å². The summed E-state index contributed by atoms with van der Waals surface area (Å²) < 4.78 is 5.94. The Morgan fingerprint density at radius 1 is 1.56 bits per heavy atom. The molecule has 0 aliphatic heterocycles. The molecule has 0 saturated carbocycles. The molecule has 0 heterocycles.